The number of nitrogens with zero attached hydrogens (tertiary/aromatic N) is 2. The molecule has 22 heavy (non-hydrogen) atoms. The highest BCUT2D eigenvalue weighted by atomic mass is 16.5. The maximum Gasteiger partial charge on any atom is 0.129 e. The van der Waals surface area contributed by atoms with Crippen molar-refractivity contribution in [1.82, 2.24) is 0 Å². The van der Waals surface area contributed by atoms with Crippen LogP contribution in [0.1, 0.15) is 12.8 Å². The third-order valence-corrected chi connectivity index (χ3v) is 4.25. The van der Waals surface area contributed by atoms with Gasteiger partial charge in [0.15, 0.2) is 0 Å². The molecule has 0 aliphatic heterocycles. The van der Waals surface area contributed by atoms with Gasteiger partial charge in [-0.05, 0) is 6.92 Å². The average molecular weight is 321 g/mol. The molecule has 133 valence electrons. The van der Waals surface area contributed by atoms with Gasteiger partial charge in [0.25, 0.3) is 0 Å². The lowest BCUT2D eigenvalue weighted by atomic mass is 9.83. The fraction of sp³-hybridized carbons (Fsp3) is 0.938. The molecule has 3 atom stereocenters. The van der Waals surface area contributed by atoms with Crippen molar-refractivity contribution in [2.45, 2.75) is 30.6 Å². The van der Waals surface area contributed by atoms with Crippen LogP contribution in [0.4, 0.5) is 0 Å². The molecule has 0 aliphatic carbocycles. The van der Waals surface area contributed by atoms with Crippen LogP contribution in [-0.2, 0) is 4.74 Å². The molecule has 3 N–H and O–H groups in total. The zero-order chi connectivity index (χ0) is 17.6. The summed E-state index contributed by atoms with van der Waals surface area (Å²) in [6, 6.07) is 0. The Hall–Kier alpha value is -0.240. The molecule has 0 bridgehead atoms. The highest BCUT2D eigenvalue weighted by Gasteiger charge is 2.46. The van der Waals surface area contributed by atoms with Gasteiger partial charge in [0.1, 0.15) is 24.3 Å². The van der Waals surface area contributed by atoms with E-state index in [1.54, 1.807) is 0 Å². The van der Waals surface area contributed by atoms with Crippen LogP contribution < -0.4 is 0 Å². The summed E-state index contributed by atoms with van der Waals surface area (Å²) in [7, 11) is 12.0. The fourth-order valence-corrected chi connectivity index (χ4v) is 2.92. The van der Waals surface area contributed by atoms with Crippen molar-refractivity contribution in [3.8, 4) is 0 Å². The lowest BCUT2D eigenvalue weighted by molar-refractivity contribution is -0.928. The van der Waals surface area contributed by atoms with Crippen LogP contribution in [-0.4, -0.2) is 111 Å². The zero-order valence-electron chi connectivity index (χ0n) is 15.2. The smallest absolute Gasteiger partial charge is 0.129 e. The normalized spacial score (nSPS) is 18.8. The van der Waals surface area contributed by atoms with Gasteiger partial charge in [-0.2, -0.15) is 0 Å². The van der Waals surface area contributed by atoms with E-state index in [0.29, 0.717) is 35.0 Å². The quantitative estimate of drug-likeness (QED) is 0.354. The minimum Gasteiger partial charge on any atom is -0.396 e. The summed E-state index contributed by atoms with van der Waals surface area (Å²) in [5.74, 6) is 0. The van der Waals surface area contributed by atoms with Gasteiger partial charge in [-0.1, -0.05) is 0 Å². The Morgan fingerprint density at radius 2 is 1.59 bits per heavy atom. The molecule has 0 rings (SSSR count). The van der Waals surface area contributed by atoms with E-state index in [-0.39, 0.29) is 13.2 Å². The molecule has 0 saturated carbocycles. The fourth-order valence-electron chi connectivity index (χ4n) is 2.92. The Bertz CT molecular complexity index is 310. The first-order valence-electron chi connectivity index (χ1n) is 7.85. The van der Waals surface area contributed by atoms with Crippen molar-refractivity contribution in [1.29, 1.82) is 0 Å². The molecular weight excluding hydrogens is 284 g/mol. The first kappa shape index (κ1) is 21.8. The summed E-state index contributed by atoms with van der Waals surface area (Å²) in [5.41, 5.74) is -0.570. The van der Waals surface area contributed by atoms with Crippen LogP contribution in [0.5, 0.6) is 0 Å². The van der Waals surface area contributed by atoms with Crippen LogP contribution in [0.3, 0.4) is 0 Å². The second-order valence-corrected chi connectivity index (χ2v) is 8.06. The standard InChI is InChI=1S/C16H37N2O4/c1-14(20)16(8-10-19,18(5,6)7)9-11-22-13-15(21)12-17(2,3)4/h14-15,19-21H,1,8-13H2,2-7H3/q+2. The minimum absolute atomic E-state index is 0.00771. The number of hydrogen-bond acceptors (Lipinski definition) is 4. The molecule has 0 aliphatic rings. The van der Waals surface area contributed by atoms with Crippen LogP contribution in [0, 0.1) is 6.92 Å². The maximum atomic E-state index is 10.1. The lowest BCUT2D eigenvalue weighted by Gasteiger charge is -2.48. The SMILES string of the molecule is [CH2]C(O)C(CCO)(CCOCC(O)C[N+](C)(C)C)[N+](C)(C)C. The van der Waals surface area contributed by atoms with Crippen LogP contribution in [0.25, 0.3) is 0 Å². The predicted octanol–water partition coefficient (Wildman–Crippen LogP) is -0.517. The van der Waals surface area contributed by atoms with Gasteiger partial charge in [-0.3, -0.25) is 0 Å². The van der Waals surface area contributed by atoms with Crippen molar-refractivity contribution in [2.24, 2.45) is 0 Å². The number of ether oxygens (including phenoxy) is 1. The molecule has 0 heterocycles. The number of likely N-dealkylation sites (N-methyl/N-ethyl adjacent to an activating group) is 2. The van der Waals surface area contributed by atoms with Crippen LogP contribution in [0.2, 0.25) is 0 Å². The van der Waals surface area contributed by atoms with Crippen molar-refractivity contribution < 1.29 is 29.0 Å². The van der Waals surface area contributed by atoms with Gasteiger partial charge in [-0.25, -0.2) is 0 Å². The van der Waals surface area contributed by atoms with Crippen molar-refractivity contribution in [3.63, 3.8) is 0 Å². The number of rotatable bonds is 11. The molecule has 6 heteroatoms. The molecule has 0 spiro atoms. The number of hydrogen-bond donors (Lipinski definition) is 3. The molecule has 6 nitrogen and oxygen atoms in total. The van der Waals surface area contributed by atoms with Gasteiger partial charge in [0.05, 0.1) is 55.5 Å². The third-order valence-electron chi connectivity index (χ3n) is 4.25. The molecular formula is C16H37N2O4+2. The summed E-state index contributed by atoms with van der Waals surface area (Å²) in [6.45, 7) is 5.08. The molecule has 0 aromatic carbocycles. The van der Waals surface area contributed by atoms with Crippen LogP contribution >= 0.6 is 0 Å². The topological polar surface area (TPSA) is 69.9 Å². The van der Waals surface area contributed by atoms with Crippen molar-refractivity contribution in [3.05, 3.63) is 6.92 Å². The number of quaternary nitrogens is 2. The largest absolute Gasteiger partial charge is 0.396 e. The molecule has 3 unspecified atom stereocenters. The highest BCUT2D eigenvalue weighted by Crippen LogP contribution is 2.30. The Balaban J connectivity index is 4.54. The van der Waals surface area contributed by atoms with E-state index in [1.165, 1.54) is 0 Å². The summed E-state index contributed by atoms with van der Waals surface area (Å²) < 4.78 is 6.76. The van der Waals surface area contributed by atoms with E-state index < -0.39 is 17.7 Å². The Labute approximate surface area is 136 Å². The van der Waals surface area contributed by atoms with E-state index in [9.17, 15) is 15.3 Å². The second-order valence-electron chi connectivity index (χ2n) is 8.06. The van der Waals surface area contributed by atoms with Gasteiger partial charge >= 0.3 is 0 Å². The summed E-state index contributed by atoms with van der Waals surface area (Å²) >= 11 is 0. The average Bonchev–Trinajstić information content (AvgIpc) is 2.28. The minimum atomic E-state index is -0.806. The maximum absolute atomic E-state index is 10.1. The molecule has 0 aromatic rings. The molecule has 0 fully saturated rings. The molecule has 1 radical (unpaired) electrons. The third kappa shape index (κ3) is 6.89. The van der Waals surface area contributed by atoms with Crippen molar-refractivity contribution >= 4 is 0 Å². The van der Waals surface area contributed by atoms with Crippen LogP contribution in [0.15, 0.2) is 0 Å². The van der Waals surface area contributed by atoms with E-state index in [2.05, 4.69) is 6.92 Å². The first-order chi connectivity index (χ1) is 9.85. The summed E-state index contributed by atoms with van der Waals surface area (Å²) in [6.07, 6.45) is -0.300. The highest BCUT2D eigenvalue weighted by molar-refractivity contribution is 4.90. The van der Waals surface area contributed by atoms with Crippen molar-refractivity contribution in [2.75, 3.05) is 68.7 Å². The van der Waals surface area contributed by atoms with Gasteiger partial charge < -0.3 is 29.0 Å². The van der Waals surface area contributed by atoms with E-state index >= 15 is 0 Å². The molecule has 0 aromatic heterocycles. The number of aliphatic hydroxyl groups excluding tert-OH is 3. The monoisotopic (exact) mass is 321 g/mol. The molecule has 0 saturated heterocycles. The van der Waals surface area contributed by atoms with Gasteiger partial charge in [-0.15, -0.1) is 0 Å². The lowest BCUT2D eigenvalue weighted by Crippen LogP contribution is -2.63. The van der Waals surface area contributed by atoms with E-state index in [4.69, 9.17) is 4.74 Å². The first-order valence-corrected chi connectivity index (χ1v) is 7.85. The number of aliphatic hydroxyl groups is 3. The Morgan fingerprint density at radius 1 is 1.05 bits per heavy atom. The Morgan fingerprint density at radius 3 is 1.95 bits per heavy atom. The summed E-state index contributed by atoms with van der Waals surface area (Å²) in [4.78, 5) is 0. The van der Waals surface area contributed by atoms with E-state index in [1.807, 2.05) is 42.3 Å². The second kappa shape index (κ2) is 8.57. The van der Waals surface area contributed by atoms with Gasteiger partial charge in [0.2, 0.25) is 0 Å². The Kier molecular flexibility index (Phi) is 8.47. The zero-order valence-corrected chi connectivity index (χ0v) is 15.2. The summed E-state index contributed by atoms with van der Waals surface area (Å²) in [5, 5.41) is 29.4. The van der Waals surface area contributed by atoms with Gasteiger partial charge in [0, 0.05) is 19.4 Å². The predicted molar refractivity (Wildman–Crippen MR) is 88.2 cm³/mol. The van der Waals surface area contributed by atoms with E-state index in [0.717, 1.165) is 0 Å². The molecule has 0 amide bonds.